The van der Waals surface area contributed by atoms with Crippen LogP contribution in [-0.2, 0) is 23.7 Å². The van der Waals surface area contributed by atoms with Crippen molar-refractivity contribution in [2.24, 2.45) is 50.2 Å². The molecule has 2 heterocycles. The Morgan fingerprint density at radius 1 is 0.800 bits per heavy atom. The molecule has 5 aliphatic carbocycles. The molecule has 19 atom stereocenters. The van der Waals surface area contributed by atoms with Crippen LogP contribution in [0.2, 0.25) is 0 Å². The van der Waals surface area contributed by atoms with Crippen LogP contribution in [0.3, 0.4) is 0 Å². The average Bonchev–Trinajstić information content (AvgIpc) is 3.13. The molecular formula is C41H66O14. The highest BCUT2D eigenvalue weighted by Crippen LogP contribution is 2.76. The fraction of sp³-hybridized carbons (Fsp3) is 0.927. The van der Waals surface area contributed by atoms with Crippen molar-refractivity contribution >= 4 is 5.97 Å². The number of esters is 1. The number of hydrogen-bond acceptors (Lipinski definition) is 14. The van der Waals surface area contributed by atoms with E-state index in [1.165, 1.54) is 0 Å². The lowest BCUT2D eigenvalue weighted by atomic mass is 9.33. The number of hydrogen-bond donors (Lipinski definition) is 9. The van der Waals surface area contributed by atoms with Crippen molar-refractivity contribution in [3.05, 3.63) is 11.6 Å². The number of fused-ring (bicyclic) bond motifs is 7. The zero-order chi connectivity index (χ0) is 40.3. The Morgan fingerprint density at radius 3 is 2.16 bits per heavy atom. The number of aliphatic hydroxyl groups excluding tert-OH is 9. The Balaban J connectivity index is 1.20. The molecule has 0 spiro atoms. The summed E-state index contributed by atoms with van der Waals surface area (Å²) in [6.07, 6.45) is -6.79. The second-order valence-electron chi connectivity index (χ2n) is 20.2. The van der Waals surface area contributed by atoms with E-state index in [0.717, 1.165) is 31.3 Å². The zero-order valence-corrected chi connectivity index (χ0v) is 33.2. The highest BCUT2D eigenvalue weighted by Gasteiger charge is 2.72. The minimum atomic E-state index is -1.75. The summed E-state index contributed by atoms with van der Waals surface area (Å²) < 4.78 is 23.5. The smallest absolute Gasteiger partial charge is 0.317 e. The SMILES string of the molecule is CC1(C)CC[C@]2(C(=O)O[C@H]3O[C@@H](CO)[C@H](O)[C@@H](O)[C@@H]3O)[C@H](C1)C1=CCC3[C@]4(C)CC[C@@H](O[C@H]5OC[C@@H](O)[C@@H](O)[C@@H]5O)[C@](C)(CO)C4CC[C@]3(C)[C@@]1(C)C[C@@H]2O. The first-order chi connectivity index (χ1) is 25.6. The van der Waals surface area contributed by atoms with Crippen LogP contribution in [-0.4, -0.2) is 139 Å². The maximum Gasteiger partial charge on any atom is 0.317 e. The number of aliphatic hydroxyl groups is 9. The summed E-state index contributed by atoms with van der Waals surface area (Å²) >= 11 is 0. The number of carbonyl (C=O) groups is 1. The molecule has 6 fully saturated rings. The van der Waals surface area contributed by atoms with Gasteiger partial charge >= 0.3 is 5.97 Å². The number of carbonyl (C=O) groups excluding carboxylic acids is 1. The van der Waals surface area contributed by atoms with Crippen LogP contribution < -0.4 is 0 Å². The molecule has 14 nitrogen and oxygen atoms in total. The third-order valence-electron chi connectivity index (χ3n) is 17.0. The highest BCUT2D eigenvalue weighted by molar-refractivity contribution is 5.80. The van der Waals surface area contributed by atoms with Crippen molar-refractivity contribution in [1.29, 1.82) is 0 Å². The molecular weight excluding hydrogens is 716 g/mol. The third-order valence-corrected chi connectivity index (χ3v) is 17.0. The van der Waals surface area contributed by atoms with E-state index < -0.39 is 96.3 Å². The number of rotatable bonds is 6. The largest absolute Gasteiger partial charge is 0.432 e. The van der Waals surface area contributed by atoms with Crippen LogP contribution in [0, 0.1) is 50.2 Å². The Bertz CT molecular complexity index is 1490. The van der Waals surface area contributed by atoms with Gasteiger partial charge in [-0.2, -0.15) is 0 Å². The van der Waals surface area contributed by atoms with Gasteiger partial charge in [-0.1, -0.05) is 53.2 Å². The van der Waals surface area contributed by atoms with Gasteiger partial charge in [0, 0.05) is 5.41 Å². The van der Waals surface area contributed by atoms with Crippen molar-refractivity contribution in [3.8, 4) is 0 Å². The van der Waals surface area contributed by atoms with E-state index in [1.807, 2.05) is 6.92 Å². The molecule has 0 aromatic heterocycles. The van der Waals surface area contributed by atoms with Gasteiger partial charge in [0.2, 0.25) is 6.29 Å². The monoisotopic (exact) mass is 782 g/mol. The maximum absolute atomic E-state index is 14.6. The lowest BCUT2D eigenvalue weighted by Crippen LogP contribution is -2.69. The summed E-state index contributed by atoms with van der Waals surface area (Å²) in [5, 5.41) is 95.9. The molecule has 0 amide bonds. The minimum Gasteiger partial charge on any atom is -0.432 e. The van der Waals surface area contributed by atoms with Gasteiger partial charge in [0.05, 0.1) is 32.0 Å². The topological polar surface area (TPSA) is 236 Å². The van der Waals surface area contributed by atoms with Crippen LogP contribution in [0.25, 0.3) is 0 Å². The summed E-state index contributed by atoms with van der Waals surface area (Å²) in [6.45, 7) is 12.3. The van der Waals surface area contributed by atoms with Gasteiger partial charge < -0.3 is 64.9 Å². The summed E-state index contributed by atoms with van der Waals surface area (Å²) in [5.41, 5.74) is -2.10. The molecule has 2 saturated heterocycles. The van der Waals surface area contributed by atoms with E-state index in [-0.39, 0.29) is 47.2 Å². The summed E-state index contributed by atoms with van der Waals surface area (Å²) in [5.74, 6) is -0.910. The zero-order valence-electron chi connectivity index (χ0n) is 33.2. The highest BCUT2D eigenvalue weighted by atomic mass is 16.7. The van der Waals surface area contributed by atoms with Crippen molar-refractivity contribution < 1.29 is 69.7 Å². The summed E-state index contributed by atoms with van der Waals surface area (Å²) in [7, 11) is 0. The van der Waals surface area contributed by atoms with Crippen LogP contribution in [0.1, 0.15) is 99.3 Å². The summed E-state index contributed by atoms with van der Waals surface area (Å²) in [4.78, 5) is 14.6. The fourth-order valence-corrected chi connectivity index (χ4v) is 13.4. The van der Waals surface area contributed by atoms with Gasteiger partial charge in [0.15, 0.2) is 6.29 Å². The van der Waals surface area contributed by atoms with Crippen molar-refractivity contribution in [1.82, 2.24) is 0 Å². The molecule has 0 aromatic carbocycles. The van der Waals surface area contributed by atoms with Crippen LogP contribution in [0.4, 0.5) is 0 Å². The lowest BCUT2D eigenvalue weighted by molar-refractivity contribution is -0.313. The quantitative estimate of drug-likeness (QED) is 0.104. The van der Waals surface area contributed by atoms with Crippen molar-refractivity contribution in [2.45, 2.75) is 167 Å². The average molecular weight is 783 g/mol. The molecule has 7 rings (SSSR count). The first kappa shape index (κ1) is 41.9. The van der Waals surface area contributed by atoms with Crippen LogP contribution in [0.15, 0.2) is 11.6 Å². The minimum absolute atomic E-state index is 0.0337. The van der Waals surface area contributed by atoms with Gasteiger partial charge in [-0.3, -0.25) is 4.79 Å². The normalized spacial score (nSPS) is 54.9. The molecule has 9 N–H and O–H groups in total. The molecule has 55 heavy (non-hydrogen) atoms. The van der Waals surface area contributed by atoms with E-state index in [4.69, 9.17) is 18.9 Å². The van der Waals surface area contributed by atoms with E-state index in [9.17, 15) is 50.8 Å². The second kappa shape index (κ2) is 14.2. The number of ether oxygens (including phenoxy) is 4. The Kier molecular flexibility index (Phi) is 10.8. The molecule has 2 unspecified atom stereocenters. The molecule has 14 heteroatoms. The predicted molar refractivity (Wildman–Crippen MR) is 194 cm³/mol. The van der Waals surface area contributed by atoms with Crippen molar-refractivity contribution in [2.75, 3.05) is 19.8 Å². The molecule has 0 bridgehead atoms. The van der Waals surface area contributed by atoms with Gasteiger partial charge in [-0.15, -0.1) is 0 Å². The van der Waals surface area contributed by atoms with E-state index >= 15 is 0 Å². The van der Waals surface area contributed by atoms with E-state index in [0.29, 0.717) is 32.1 Å². The third kappa shape index (κ3) is 6.05. The fourth-order valence-electron chi connectivity index (χ4n) is 13.4. The molecule has 0 radical (unpaired) electrons. The first-order valence-electron chi connectivity index (χ1n) is 20.5. The first-order valence-corrected chi connectivity index (χ1v) is 20.5. The maximum atomic E-state index is 14.6. The molecule has 4 saturated carbocycles. The second-order valence-corrected chi connectivity index (χ2v) is 20.2. The Labute approximate surface area is 323 Å². The van der Waals surface area contributed by atoms with Crippen LogP contribution in [0.5, 0.6) is 0 Å². The van der Waals surface area contributed by atoms with E-state index in [2.05, 4.69) is 40.7 Å². The Morgan fingerprint density at radius 2 is 1.49 bits per heavy atom. The molecule has 314 valence electrons. The van der Waals surface area contributed by atoms with Crippen molar-refractivity contribution in [3.63, 3.8) is 0 Å². The summed E-state index contributed by atoms with van der Waals surface area (Å²) in [6, 6.07) is 0. The van der Waals surface area contributed by atoms with Gasteiger partial charge in [0.25, 0.3) is 0 Å². The van der Waals surface area contributed by atoms with Crippen LogP contribution >= 0.6 is 0 Å². The standard InChI is InChI=1S/C41H66O14/c1-36(2)13-14-41(35(51)55-34-32(50)30(48)29(47)23(17-42)53-34)21(15-36)20-7-8-25-37(3)11-10-27(54-33-31(49)28(46)22(44)18-52-33)38(4,19-43)24(37)9-12-39(25,5)40(20,6)16-26(41)45/h7,21-34,42-50H,8-19H2,1-6H3/t21-,22-,23+,24?,25?,26+,27-,28-,29+,30-,31+,32+,33-,34-,37-,38-,39+,40+,41+/m1/s1. The van der Waals surface area contributed by atoms with E-state index in [1.54, 1.807) is 0 Å². The predicted octanol–water partition coefficient (Wildman–Crippen LogP) is 0.899. The number of allylic oxidation sites excluding steroid dienone is 2. The molecule has 2 aliphatic heterocycles. The Hall–Kier alpha value is -1.27. The van der Waals surface area contributed by atoms with Gasteiger partial charge in [0.1, 0.15) is 48.1 Å². The lowest BCUT2D eigenvalue weighted by Gasteiger charge is -2.72. The molecule has 7 aliphatic rings. The van der Waals surface area contributed by atoms with Gasteiger partial charge in [-0.25, -0.2) is 0 Å². The molecule has 0 aromatic rings. The van der Waals surface area contributed by atoms with Gasteiger partial charge in [-0.05, 0) is 97.2 Å².